The van der Waals surface area contributed by atoms with Crippen LogP contribution in [0.5, 0.6) is 0 Å². The molecule has 1 aliphatic carbocycles. The van der Waals surface area contributed by atoms with E-state index in [-0.39, 0.29) is 0 Å². The molecule has 1 heterocycles. The Morgan fingerprint density at radius 3 is 2.94 bits per heavy atom. The van der Waals surface area contributed by atoms with Crippen LogP contribution in [0.4, 0.5) is 0 Å². The molecule has 0 bridgehead atoms. The molecule has 0 radical (unpaired) electrons. The van der Waals surface area contributed by atoms with Gasteiger partial charge in [-0.1, -0.05) is 18.0 Å². The van der Waals surface area contributed by atoms with Gasteiger partial charge in [-0.2, -0.15) is 5.10 Å². The van der Waals surface area contributed by atoms with E-state index in [1.54, 1.807) is 0 Å². The average molecular weight is 269 g/mol. The Morgan fingerprint density at radius 1 is 1.44 bits per heavy atom. The summed E-state index contributed by atoms with van der Waals surface area (Å²) in [6.07, 6.45) is 5.71. The number of nitrogens with zero attached hydrogens (tertiary/aromatic N) is 2. The summed E-state index contributed by atoms with van der Waals surface area (Å²) in [5.74, 6) is 0.854. The summed E-state index contributed by atoms with van der Waals surface area (Å²) in [7, 11) is 0. The first-order valence-corrected chi connectivity index (χ1v) is 7.23. The number of aryl methyl sites for hydroxylation is 2. The molecule has 4 heteroatoms. The zero-order valence-electron chi connectivity index (χ0n) is 11.2. The van der Waals surface area contributed by atoms with Crippen molar-refractivity contribution < 1.29 is 4.79 Å². The maximum absolute atomic E-state index is 11.7. The standard InChI is InChI=1S/C14H21ClN2O/c1-3-17-13(14(15)10(2)16-17)9-11-6-4-5-7-12(18)8-11/h11H,3-9H2,1-2H3. The Labute approximate surface area is 114 Å². The third kappa shape index (κ3) is 2.94. The van der Waals surface area contributed by atoms with E-state index < -0.39 is 0 Å². The minimum absolute atomic E-state index is 0.410. The largest absolute Gasteiger partial charge is 0.300 e. The highest BCUT2D eigenvalue weighted by Crippen LogP contribution is 2.28. The molecule has 0 N–H and O–H groups in total. The third-order valence-corrected chi connectivity index (χ3v) is 4.26. The van der Waals surface area contributed by atoms with E-state index in [1.165, 1.54) is 0 Å². The van der Waals surface area contributed by atoms with E-state index in [4.69, 9.17) is 11.6 Å². The summed E-state index contributed by atoms with van der Waals surface area (Å²) in [6, 6.07) is 0. The van der Waals surface area contributed by atoms with Gasteiger partial charge in [-0.15, -0.1) is 0 Å². The summed E-state index contributed by atoms with van der Waals surface area (Å²) in [5, 5.41) is 5.22. The molecule has 0 amide bonds. The number of Topliss-reactive ketones (excluding diaryl/α,β-unsaturated/α-hetero) is 1. The quantitative estimate of drug-likeness (QED) is 0.786. The molecule has 1 aliphatic rings. The van der Waals surface area contributed by atoms with E-state index in [2.05, 4.69) is 12.0 Å². The molecule has 0 spiro atoms. The van der Waals surface area contributed by atoms with Gasteiger partial charge in [0.2, 0.25) is 0 Å². The summed E-state index contributed by atoms with van der Waals surface area (Å²) in [4.78, 5) is 11.7. The molecule has 18 heavy (non-hydrogen) atoms. The van der Waals surface area contributed by atoms with Crippen LogP contribution in [0.25, 0.3) is 0 Å². The van der Waals surface area contributed by atoms with Crippen LogP contribution in [0.15, 0.2) is 0 Å². The molecule has 1 aromatic rings. The van der Waals surface area contributed by atoms with Crippen molar-refractivity contribution in [3.63, 3.8) is 0 Å². The van der Waals surface area contributed by atoms with Crippen LogP contribution in [0.3, 0.4) is 0 Å². The van der Waals surface area contributed by atoms with Crippen LogP contribution >= 0.6 is 11.6 Å². The number of hydrogen-bond donors (Lipinski definition) is 0. The first-order valence-electron chi connectivity index (χ1n) is 6.85. The lowest BCUT2D eigenvalue weighted by Gasteiger charge is -2.14. The fourth-order valence-corrected chi connectivity index (χ4v) is 3.01. The first kappa shape index (κ1) is 13.6. The van der Waals surface area contributed by atoms with Crippen molar-refractivity contribution in [2.75, 3.05) is 0 Å². The Balaban J connectivity index is 2.14. The second-order valence-corrected chi connectivity index (χ2v) is 5.60. The van der Waals surface area contributed by atoms with Gasteiger partial charge in [-0.05, 0) is 39.0 Å². The van der Waals surface area contributed by atoms with Gasteiger partial charge in [-0.3, -0.25) is 9.48 Å². The van der Waals surface area contributed by atoms with Crippen molar-refractivity contribution in [3.05, 3.63) is 16.4 Å². The van der Waals surface area contributed by atoms with Crippen LogP contribution in [0.1, 0.15) is 50.4 Å². The van der Waals surface area contributed by atoms with Gasteiger partial charge in [-0.25, -0.2) is 0 Å². The number of ketones is 1. The monoisotopic (exact) mass is 268 g/mol. The molecule has 1 saturated carbocycles. The number of halogens is 1. The zero-order chi connectivity index (χ0) is 13.1. The smallest absolute Gasteiger partial charge is 0.133 e. The molecule has 2 rings (SSSR count). The van der Waals surface area contributed by atoms with Gasteiger partial charge in [0.05, 0.1) is 16.4 Å². The van der Waals surface area contributed by atoms with Gasteiger partial charge in [0.1, 0.15) is 5.78 Å². The fourth-order valence-electron chi connectivity index (χ4n) is 2.79. The highest BCUT2D eigenvalue weighted by atomic mass is 35.5. The molecule has 100 valence electrons. The predicted molar refractivity (Wildman–Crippen MR) is 72.9 cm³/mol. The lowest BCUT2D eigenvalue weighted by Crippen LogP contribution is -2.12. The summed E-state index contributed by atoms with van der Waals surface area (Å²) >= 11 is 6.32. The van der Waals surface area contributed by atoms with Crippen molar-refractivity contribution >= 4 is 17.4 Å². The van der Waals surface area contributed by atoms with Crippen LogP contribution in [0.2, 0.25) is 5.02 Å². The summed E-state index contributed by atoms with van der Waals surface area (Å²) < 4.78 is 1.98. The molecular formula is C14H21ClN2O. The van der Waals surface area contributed by atoms with E-state index in [0.29, 0.717) is 18.1 Å². The molecule has 0 aromatic carbocycles. The predicted octanol–water partition coefficient (Wildman–Crippen LogP) is 3.56. The molecule has 1 aromatic heterocycles. The Hall–Kier alpha value is -0.830. The van der Waals surface area contributed by atoms with E-state index in [1.807, 2.05) is 11.6 Å². The number of rotatable bonds is 3. The van der Waals surface area contributed by atoms with Crippen molar-refractivity contribution in [2.45, 2.75) is 58.9 Å². The molecule has 0 aliphatic heterocycles. The third-order valence-electron chi connectivity index (χ3n) is 3.77. The Kier molecular flexibility index (Phi) is 4.44. The maximum atomic E-state index is 11.7. The van der Waals surface area contributed by atoms with Crippen LogP contribution < -0.4 is 0 Å². The SMILES string of the molecule is CCn1nc(C)c(Cl)c1CC1CCCCC(=O)C1. The second-order valence-electron chi connectivity index (χ2n) is 5.22. The van der Waals surface area contributed by atoms with E-state index in [0.717, 1.165) is 55.1 Å². The lowest BCUT2D eigenvalue weighted by molar-refractivity contribution is -0.119. The molecule has 1 atom stereocenters. The minimum atomic E-state index is 0.410. The number of carbonyl (C=O) groups excluding carboxylic acids is 1. The van der Waals surface area contributed by atoms with Gasteiger partial charge in [0, 0.05) is 19.4 Å². The Bertz CT molecular complexity index is 439. The molecule has 1 unspecified atom stereocenters. The van der Waals surface area contributed by atoms with E-state index in [9.17, 15) is 4.79 Å². The van der Waals surface area contributed by atoms with Crippen molar-refractivity contribution in [1.29, 1.82) is 0 Å². The van der Waals surface area contributed by atoms with Gasteiger partial charge in [0.25, 0.3) is 0 Å². The number of carbonyl (C=O) groups is 1. The maximum Gasteiger partial charge on any atom is 0.133 e. The van der Waals surface area contributed by atoms with Gasteiger partial charge >= 0.3 is 0 Å². The van der Waals surface area contributed by atoms with Gasteiger partial charge < -0.3 is 0 Å². The van der Waals surface area contributed by atoms with Crippen molar-refractivity contribution in [2.24, 2.45) is 5.92 Å². The van der Waals surface area contributed by atoms with Crippen LogP contribution in [-0.4, -0.2) is 15.6 Å². The Morgan fingerprint density at radius 2 is 2.22 bits per heavy atom. The highest BCUT2D eigenvalue weighted by Gasteiger charge is 2.22. The molecular weight excluding hydrogens is 248 g/mol. The fraction of sp³-hybridized carbons (Fsp3) is 0.714. The average Bonchev–Trinajstić information content (AvgIpc) is 2.53. The highest BCUT2D eigenvalue weighted by molar-refractivity contribution is 6.31. The summed E-state index contributed by atoms with van der Waals surface area (Å²) in [5.41, 5.74) is 2.00. The molecule has 1 fully saturated rings. The summed E-state index contributed by atoms with van der Waals surface area (Å²) in [6.45, 7) is 4.85. The minimum Gasteiger partial charge on any atom is -0.300 e. The second kappa shape index (κ2) is 5.87. The van der Waals surface area contributed by atoms with Crippen molar-refractivity contribution in [3.8, 4) is 0 Å². The topological polar surface area (TPSA) is 34.9 Å². The molecule has 0 saturated heterocycles. The van der Waals surface area contributed by atoms with Crippen molar-refractivity contribution in [1.82, 2.24) is 9.78 Å². The molecule has 3 nitrogen and oxygen atoms in total. The number of aromatic nitrogens is 2. The van der Waals surface area contributed by atoms with Crippen LogP contribution in [0, 0.1) is 12.8 Å². The zero-order valence-corrected chi connectivity index (χ0v) is 12.0. The first-order chi connectivity index (χ1) is 8.61. The number of hydrogen-bond acceptors (Lipinski definition) is 2. The van der Waals surface area contributed by atoms with Gasteiger partial charge in [0.15, 0.2) is 0 Å². The van der Waals surface area contributed by atoms with E-state index >= 15 is 0 Å². The van der Waals surface area contributed by atoms with Crippen LogP contribution in [-0.2, 0) is 17.8 Å². The lowest BCUT2D eigenvalue weighted by atomic mass is 9.94. The normalized spacial score (nSPS) is 21.1.